The monoisotopic (exact) mass is 364 g/mol. The van der Waals surface area contributed by atoms with Gasteiger partial charge in [-0.1, -0.05) is 11.6 Å². The molecule has 25 heavy (non-hydrogen) atoms. The van der Waals surface area contributed by atoms with E-state index in [-0.39, 0.29) is 31.8 Å². The molecule has 0 fully saturated rings. The standard InChI is InChI=1S/C17H17ClN2O5/c1-9-12(17(22)20-10(2)19-9)3-4-15(21)23-7-11-5-13(18)16-14(6-11)24-8-25-16/h5-6H,3-4,7-8H2,1-2H3,(H,19,20,22). The van der Waals surface area contributed by atoms with Crippen LogP contribution in [-0.4, -0.2) is 22.7 Å². The summed E-state index contributed by atoms with van der Waals surface area (Å²) in [5.74, 6) is 1.17. The zero-order valence-electron chi connectivity index (χ0n) is 13.8. The molecule has 3 rings (SSSR count). The van der Waals surface area contributed by atoms with Crippen LogP contribution in [-0.2, 0) is 22.6 Å². The third-order valence-electron chi connectivity index (χ3n) is 3.81. The van der Waals surface area contributed by atoms with Crippen LogP contribution in [0.2, 0.25) is 5.02 Å². The minimum absolute atomic E-state index is 0.0662. The smallest absolute Gasteiger partial charge is 0.306 e. The number of H-pyrrole nitrogens is 1. The number of hydrogen-bond acceptors (Lipinski definition) is 6. The Kier molecular flexibility index (Phi) is 4.94. The minimum Gasteiger partial charge on any atom is -0.461 e. The van der Waals surface area contributed by atoms with Crippen LogP contribution in [0.3, 0.4) is 0 Å². The Labute approximate surface area is 148 Å². The Hall–Kier alpha value is -2.54. The Morgan fingerprint density at radius 3 is 2.92 bits per heavy atom. The molecule has 0 amide bonds. The van der Waals surface area contributed by atoms with Crippen molar-refractivity contribution in [3.63, 3.8) is 0 Å². The van der Waals surface area contributed by atoms with E-state index in [1.165, 1.54) is 0 Å². The van der Waals surface area contributed by atoms with Crippen molar-refractivity contribution in [1.29, 1.82) is 0 Å². The van der Waals surface area contributed by atoms with Gasteiger partial charge >= 0.3 is 5.97 Å². The summed E-state index contributed by atoms with van der Waals surface area (Å²) in [6.45, 7) is 3.65. The maximum atomic E-state index is 12.0. The molecule has 1 aromatic carbocycles. The first-order chi connectivity index (χ1) is 11.9. The van der Waals surface area contributed by atoms with Gasteiger partial charge in [-0.05, 0) is 38.0 Å². The summed E-state index contributed by atoms with van der Waals surface area (Å²) < 4.78 is 15.7. The third kappa shape index (κ3) is 3.93. The second-order valence-electron chi connectivity index (χ2n) is 5.69. The Bertz CT molecular complexity index is 878. The SMILES string of the molecule is Cc1nc(C)c(CCC(=O)OCc2cc(Cl)c3c(c2)OCO3)c(=O)[nH]1. The summed E-state index contributed by atoms with van der Waals surface area (Å²) >= 11 is 6.09. The summed E-state index contributed by atoms with van der Waals surface area (Å²) in [6, 6.07) is 3.39. The number of ether oxygens (including phenoxy) is 3. The molecule has 132 valence electrons. The van der Waals surface area contributed by atoms with Gasteiger partial charge in [0.15, 0.2) is 11.5 Å². The van der Waals surface area contributed by atoms with Crippen LogP contribution in [0.4, 0.5) is 0 Å². The average molecular weight is 365 g/mol. The zero-order chi connectivity index (χ0) is 18.0. The predicted octanol–water partition coefficient (Wildman–Crippen LogP) is 2.44. The van der Waals surface area contributed by atoms with E-state index in [1.54, 1.807) is 26.0 Å². The summed E-state index contributed by atoms with van der Waals surface area (Å²) in [6.07, 6.45) is 0.363. The van der Waals surface area contributed by atoms with E-state index in [2.05, 4.69) is 9.97 Å². The van der Waals surface area contributed by atoms with Crippen LogP contribution >= 0.6 is 11.6 Å². The van der Waals surface area contributed by atoms with Crippen molar-refractivity contribution in [2.75, 3.05) is 6.79 Å². The highest BCUT2D eigenvalue weighted by Crippen LogP contribution is 2.39. The van der Waals surface area contributed by atoms with Gasteiger partial charge in [-0.15, -0.1) is 0 Å². The van der Waals surface area contributed by atoms with E-state index in [9.17, 15) is 9.59 Å². The highest BCUT2D eigenvalue weighted by molar-refractivity contribution is 6.32. The quantitative estimate of drug-likeness (QED) is 0.819. The molecule has 7 nitrogen and oxygen atoms in total. The lowest BCUT2D eigenvalue weighted by molar-refractivity contribution is -0.144. The molecule has 1 aliphatic rings. The van der Waals surface area contributed by atoms with Gasteiger partial charge in [0.05, 0.1) is 5.02 Å². The number of halogens is 1. The van der Waals surface area contributed by atoms with Gasteiger partial charge in [0.2, 0.25) is 6.79 Å². The fourth-order valence-corrected chi connectivity index (χ4v) is 2.90. The Balaban J connectivity index is 1.57. The van der Waals surface area contributed by atoms with Crippen molar-refractivity contribution in [2.24, 2.45) is 0 Å². The van der Waals surface area contributed by atoms with E-state index in [0.29, 0.717) is 39.2 Å². The molecule has 1 aromatic heterocycles. The molecule has 0 bridgehead atoms. The van der Waals surface area contributed by atoms with E-state index in [0.717, 1.165) is 0 Å². The predicted molar refractivity (Wildman–Crippen MR) is 90.0 cm³/mol. The average Bonchev–Trinajstić information content (AvgIpc) is 3.01. The topological polar surface area (TPSA) is 90.5 Å². The van der Waals surface area contributed by atoms with Gasteiger partial charge in [-0.3, -0.25) is 9.59 Å². The number of carbonyl (C=O) groups is 1. The summed E-state index contributed by atoms with van der Waals surface area (Å²) in [4.78, 5) is 30.7. The maximum Gasteiger partial charge on any atom is 0.306 e. The molecule has 0 saturated carbocycles. The fraction of sp³-hybridized carbons (Fsp3) is 0.353. The second-order valence-corrected chi connectivity index (χ2v) is 6.09. The number of nitrogens with one attached hydrogen (secondary N) is 1. The number of fused-ring (bicyclic) bond motifs is 1. The number of aryl methyl sites for hydroxylation is 2. The number of aromatic nitrogens is 2. The van der Waals surface area contributed by atoms with Crippen LogP contribution < -0.4 is 15.0 Å². The third-order valence-corrected chi connectivity index (χ3v) is 4.09. The lowest BCUT2D eigenvalue weighted by Gasteiger charge is -2.08. The van der Waals surface area contributed by atoms with Crippen LogP contribution in [0.5, 0.6) is 11.5 Å². The van der Waals surface area contributed by atoms with Gasteiger partial charge in [0.1, 0.15) is 12.4 Å². The molecule has 0 radical (unpaired) electrons. The number of hydrogen-bond donors (Lipinski definition) is 1. The molecule has 0 saturated heterocycles. The van der Waals surface area contributed by atoms with Crippen LogP contribution in [0.15, 0.2) is 16.9 Å². The van der Waals surface area contributed by atoms with Crippen molar-refractivity contribution in [1.82, 2.24) is 9.97 Å². The fourth-order valence-electron chi connectivity index (χ4n) is 2.61. The van der Waals surface area contributed by atoms with E-state index < -0.39 is 5.97 Å². The number of nitrogens with zero attached hydrogens (tertiary/aromatic N) is 1. The van der Waals surface area contributed by atoms with Crippen LogP contribution in [0, 0.1) is 13.8 Å². The summed E-state index contributed by atoms with van der Waals surface area (Å²) in [5, 5.41) is 0.411. The Morgan fingerprint density at radius 1 is 1.36 bits per heavy atom. The molecule has 2 aromatic rings. The molecule has 8 heteroatoms. The number of carbonyl (C=O) groups excluding carboxylic acids is 1. The lowest BCUT2D eigenvalue weighted by Crippen LogP contribution is -2.19. The molecule has 2 heterocycles. The van der Waals surface area contributed by atoms with Gasteiger partial charge in [0.25, 0.3) is 5.56 Å². The summed E-state index contributed by atoms with van der Waals surface area (Å²) in [5.41, 5.74) is 1.60. The molecule has 0 unspecified atom stereocenters. The number of esters is 1. The molecular weight excluding hydrogens is 348 g/mol. The second kappa shape index (κ2) is 7.14. The molecule has 0 spiro atoms. The number of benzene rings is 1. The van der Waals surface area contributed by atoms with Crippen molar-refractivity contribution >= 4 is 17.6 Å². The van der Waals surface area contributed by atoms with Gasteiger partial charge in [0, 0.05) is 17.7 Å². The molecule has 0 atom stereocenters. The first-order valence-corrected chi connectivity index (χ1v) is 8.12. The first-order valence-electron chi connectivity index (χ1n) is 7.74. The highest BCUT2D eigenvalue weighted by Gasteiger charge is 2.19. The number of aromatic amines is 1. The van der Waals surface area contributed by atoms with E-state index >= 15 is 0 Å². The molecule has 0 aliphatic carbocycles. The Morgan fingerprint density at radius 2 is 2.16 bits per heavy atom. The lowest BCUT2D eigenvalue weighted by atomic mass is 10.1. The normalized spacial score (nSPS) is 12.3. The van der Waals surface area contributed by atoms with Gasteiger partial charge < -0.3 is 19.2 Å². The molecule has 1 N–H and O–H groups in total. The van der Waals surface area contributed by atoms with Crippen molar-refractivity contribution in [3.05, 3.63) is 50.2 Å². The zero-order valence-corrected chi connectivity index (χ0v) is 14.6. The van der Waals surface area contributed by atoms with Crippen LogP contribution in [0.25, 0.3) is 0 Å². The molecular formula is C17H17ClN2O5. The maximum absolute atomic E-state index is 12.0. The minimum atomic E-state index is -0.409. The molecule has 1 aliphatic heterocycles. The summed E-state index contributed by atoms with van der Waals surface area (Å²) in [7, 11) is 0. The van der Waals surface area contributed by atoms with E-state index in [1.807, 2.05) is 0 Å². The van der Waals surface area contributed by atoms with Gasteiger partial charge in [-0.2, -0.15) is 0 Å². The van der Waals surface area contributed by atoms with Crippen molar-refractivity contribution in [2.45, 2.75) is 33.3 Å². The first kappa shape index (κ1) is 17.3. The van der Waals surface area contributed by atoms with E-state index in [4.69, 9.17) is 25.8 Å². The largest absolute Gasteiger partial charge is 0.461 e. The van der Waals surface area contributed by atoms with Crippen molar-refractivity contribution < 1.29 is 19.0 Å². The van der Waals surface area contributed by atoms with Crippen molar-refractivity contribution in [3.8, 4) is 11.5 Å². The number of rotatable bonds is 5. The van der Waals surface area contributed by atoms with Gasteiger partial charge in [-0.25, -0.2) is 4.98 Å². The highest BCUT2D eigenvalue weighted by atomic mass is 35.5. The van der Waals surface area contributed by atoms with Crippen LogP contribution in [0.1, 0.15) is 29.1 Å².